The number of aryl methyl sites for hydroxylation is 2. The van der Waals surface area contributed by atoms with Crippen molar-refractivity contribution < 1.29 is 4.79 Å². The fourth-order valence-corrected chi connectivity index (χ4v) is 3.19. The van der Waals surface area contributed by atoms with Gasteiger partial charge in [0, 0.05) is 5.69 Å². The molecule has 1 heterocycles. The molecule has 0 fully saturated rings. The van der Waals surface area contributed by atoms with Gasteiger partial charge in [0.25, 0.3) is 5.91 Å². The van der Waals surface area contributed by atoms with Crippen molar-refractivity contribution in [2.45, 2.75) is 20.8 Å². The van der Waals surface area contributed by atoms with Gasteiger partial charge in [0.2, 0.25) is 5.82 Å². The Balaban J connectivity index is 1.75. The predicted molar refractivity (Wildman–Crippen MR) is 123 cm³/mol. The van der Waals surface area contributed by atoms with E-state index in [0.717, 1.165) is 16.8 Å². The van der Waals surface area contributed by atoms with E-state index in [-0.39, 0.29) is 11.7 Å². The van der Waals surface area contributed by atoms with Gasteiger partial charge in [0.05, 0.1) is 17.1 Å². The first-order chi connectivity index (χ1) is 15.0. The zero-order chi connectivity index (χ0) is 21.8. The lowest BCUT2D eigenvalue weighted by atomic mass is 10.2. The normalized spacial score (nSPS) is 11.1. The zero-order valence-electron chi connectivity index (χ0n) is 17.7. The summed E-state index contributed by atoms with van der Waals surface area (Å²) in [5.74, 6) is -0.00741. The van der Waals surface area contributed by atoms with Gasteiger partial charge in [-0.3, -0.25) is 4.79 Å². The third kappa shape index (κ3) is 4.59. The van der Waals surface area contributed by atoms with Crippen LogP contribution >= 0.6 is 0 Å². The van der Waals surface area contributed by atoms with Crippen LogP contribution in [0.4, 0.5) is 17.2 Å². The Kier molecular flexibility index (Phi) is 5.71. The number of nitrogens with zero attached hydrogens (tertiary/aromatic N) is 4. The average molecular weight is 409 g/mol. The van der Waals surface area contributed by atoms with Crippen LogP contribution in [0.1, 0.15) is 27.2 Å². The largest absolute Gasteiger partial charge is 0.322 e. The second kappa shape index (κ2) is 8.75. The van der Waals surface area contributed by atoms with Crippen LogP contribution in [-0.2, 0) is 0 Å². The molecule has 6 nitrogen and oxygen atoms in total. The number of benzene rings is 3. The first-order valence-electron chi connectivity index (χ1n) is 10.0. The lowest BCUT2D eigenvalue weighted by molar-refractivity contribution is 0.102. The first kappa shape index (κ1) is 20.2. The number of aromatic nitrogens is 2. The summed E-state index contributed by atoms with van der Waals surface area (Å²) in [4.78, 5) is 13.1. The lowest BCUT2D eigenvalue weighted by Crippen LogP contribution is -2.13. The Morgan fingerprint density at radius 3 is 2.06 bits per heavy atom. The summed E-state index contributed by atoms with van der Waals surface area (Å²) < 4.78 is 1.73. The maximum absolute atomic E-state index is 13.1. The Morgan fingerprint density at radius 2 is 1.42 bits per heavy atom. The molecule has 4 aromatic rings. The van der Waals surface area contributed by atoms with Crippen molar-refractivity contribution in [1.82, 2.24) is 9.78 Å². The fourth-order valence-electron chi connectivity index (χ4n) is 3.19. The molecule has 0 aliphatic carbocycles. The second-order valence-corrected chi connectivity index (χ2v) is 7.39. The van der Waals surface area contributed by atoms with E-state index in [1.54, 1.807) is 4.68 Å². The minimum absolute atomic E-state index is 0.270. The van der Waals surface area contributed by atoms with Gasteiger partial charge < -0.3 is 5.32 Å². The number of rotatable bonds is 5. The van der Waals surface area contributed by atoms with E-state index >= 15 is 0 Å². The monoisotopic (exact) mass is 409 g/mol. The number of carbonyl (C=O) groups is 1. The van der Waals surface area contributed by atoms with Crippen LogP contribution in [0.15, 0.2) is 89.1 Å². The van der Waals surface area contributed by atoms with E-state index in [2.05, 4.69) is 20.6 Å². The predicted octanol–water partition coefficient (Wildman–Crippen LogP) is 6.47. The Labute approximate surface area is 181 Å². The van der Waals surface area contributed by atoms with Gasteiger partial charge in [-0.2, -0.15) is 0 Å². The van der Waals surface area contributed by atoms with E-state index < -0.39 is 0 Å². The molecule has 0 radical (unpaired) electrons. The van der Waals surface area contributed by atoms with E-state index in [1.165, 1.54) is 0 Å². The van der Waals surface area contributed by atoms with Crippen molar-refractivity contribution in [1.29, 1.82) is 0 Å². The molecule has 0 aliphatic heterocycles. The van der Waals surface area contributed by atoms with Crippen LogP contribution in [0.3, 0.4) is 0 Å². The Bertz CT molecular complexity index is 1220. The first-order valence-corrected chi connectivity index (χ1v) is 10.0. The molecule has 6 heteroatoms. The fraction of sp³-hybridized carbons (Fsp3) is 0.120. The number of para-hydroxylation sites is 1. The number of amides is 1. The molecular weight excluding hydrogens is 386 g/mol. The van der Waals surface area contributed by atoms with Crippen LogP contribution in [0.2, 0.25) is 0 Å². The van der Waals surface area contributed by atoms with Crippen molar-refractivity contribution in [3.8, 4) is 5.69 Å². The maximum Gasteiger partial charge on any atom is 0.261 e. The third-order valence-corrected chi connectivity index (χ3v) is 4.93. The molecule has 0 aliphatic rings. The lowest BCUT2D eigenvalue weighted by Gasteiger charge is -2.07. The summed E-state index contributed by atoms with van der Waals surface area (Å²) in [5, 5.41) is 16.2. The number of carbonyl (C=O) groups excluding carboxylic acids is 1. The summed E-state index contributed by atoms with van der Waals surface area (Å²) in [6.07, 6.45) is 0. The van der Waals surface area contributed by atoms with E-state index in [9.17, 15) is 4.79 Å². The molecular formula is C25H23N5O. The highest BCUT2D eigenvalue weighted by molar-refractivity contribution is 6.08. The minimum Gasteiger partial charge on any atom is -0.322 e. The molecule has 154 valence electrons. The number of hydrogen-bond acceptors (Lipinski definition) is 4. The number of hydrogen-bond donors (Lipinski definition) is 1. The molecule has 0 unspecified atom stereocenters. The van der Waals surface area contributed by atoms with Crippen molar-refractivity contribution in [2.24, 2.45) is 10.2 Å². The molecule has 4 rings (SSSR count). The van der Waals surface area contributed by atoms with Crippen molar-refractivity contribution in [3.05, 3.63) is 101 Å². The van der Waals surface area contributed by atoms with Crippen molar-refractivity contribution >= 4 is 23.1 Å². The van der Waals surface area contributed by atoms with Crippen molar-refractivity contribution in [3.63, 3.8) is 0 Å². The van der Waals surface area contributed by atoms with Gasteiger partial charge in [-0.05, 0) is 57.2 Å². The number of anilines is 1. The molecule has 0 bridgehead atoms. The molecule has 1 amide bonds. The van der Waals surface area contributed by atoms with E-state index in [0.29, 0.717) is 22.6 Å². The van der Waals surface area contributed by atoms with Gasteiger partial charge in [-0.15, -0.1) is 15.3 Å². The van der Waals surface area contributed by atoms with Gasteiger partial charge in [0.15, 0.2) is 0 Å². The molecule has 0 spiro atoms. The molecule has 0 atom stereocenters. The minimum atomic E-state index is -0.278. The molecule has 31 heavy (non-hydrogen) atoms. The molecule has 1 N–H and O–H groups in total. The van der Waals surface area contributed by atoms with E-state index in [1.807, 2.05) is 99.6 Å². The second-order valence-electron chi connectivity index (χ2n) is 7.39. The molecule has 1 aromatic heterocycles. The Morgan fingerprint density at radius 1 is 0.806 bits per heavy atom. The Hall–Kier alpha value is -4.06. The van der Waals surface area contributed by atoms with Crippen molar-refractivity contribution in [2.75, 3.05) is 5.32 Å². The van der Waals surface area contributed by atoms with Crippen LogP contribution in [0.5, 0.6) is 0 Å². The highest BCUT2D eigenvalue weighted by atomic mass is 16.1. The van der Waals surface area contributed by atoms with Crippen LogP contribution in [0.25, 0.3) is 5.69 Å². The summed E-state index contributed by atoms with van der Waals surface area (Å²) in [7, 11) is 0. The number of nitrogens with one attached hydrogen (secondary N) is 1. The summed E-state index contributed by atoms with van der Waals surface area (Å²) in [6.45, 7) is 5.90. The maximum atomic E-state index is 13.1. The topological polar surface area (TPSA) is 71.6 Å². The van der Waals surface area contributed by atoms with E-state index in [4.69, 9.17) is 0 Å². The van der Waals surface area contributed by atoms with Crippen LogP contribution < -0.4 is 5.32 Å². The molecule has 3 aromatic carbocycles. The number of azo groups is 1. The van der Waals surface area contributed by atoms with Gasteiger partial charge in [-0.1, -0.05) is 53.6 Å². The average Bonchev–Trinajstić information content (AvgIpc) is 3.11. The highest BCUT2D eigenvalue weighted by Crippen LogP contribution is 2.27. The summed E-state index contributed by atoms with van der Waals surface area (Å²) >= 11 is 0. The van der Waals surface area contributed by atoms with Gasteiger partial charge in [-0.25, -0.2) is 4.68 Å². The van der Waals surface area contributed by atoms with Gasteiger partial charge >= 0.3 is 0 Å². The molecule has 0 saturated carbocycles. The van der Waals surface area contributed by atoms with Crippen LogP contribution in [0, 0.1) is 20.8 Å². The standard InChI is InChI=1S/C25H23N5O/c1-17-9-13-21(14-10-17)27-28-24-23(25(31)26-20-7-5-4-6-8-20)19(3)30(29-24)22-15-11-18(2)12-16-22/h4-16H,1-3H3,(H,26,31). The van der Waals surface area contributed by atoms with Crippen LogP contribution in [-0.4, -0.2) is 15.7 Å². The molecule has 0 saturated heterocycles. The highest BCUT2D eigenvalue weighted by Gasteiger charge is 2.22. The summed E-state index contributed by atoms with van der Waals surface area (Å²) in [5.41, 5.74) is 5.62. The quantitative estimate of drug-likeness (QED) is 0.384. The third-order valence-electron chi connectivity index (χ3n) is 4.93. The SMILES string of the molecule is Cc1ccc(N=Nc2nn(-c3ccc(C)cc3)c(C)c2C(=O)Nc2ccccc2)cc1. The van der Waals surface area contributed by atoms with Gasteiger partial charge in [0.1, 0.15) is 5.56 Å². The zero-order valence-corrected chi connectivity index (χ0v) is 17.7. The smallest absolute Gasteiger partial charge is 0.261 e. The summed E-state index contributed by atoms with van der Waals surface area (Å²) in [6, 6.07) is 25.0.